The second kappa shape index (κ2) is 8.69. The summed E-state index contributed by atoms with van der Waals surface area (Å²) in [6.07, 6.45) is 1.88. The molecule has 0 aliphatic heterocycles. The number of nitrogens with two attached hydrogens (primary N) is 1. The number of benzene rings is 2. The van der Waals surface area contributed by atoms with Gasteiger partial charge in [0, 0.05) is 0 Å². The van der Waals surface area contributed by atoms with Gasteiger partial charge in [-0.1, -0.05) is 43.7 Å². The SMILES string of the molecule is CCCCOc1nc(N)c2[nH]c(=O)n(Cc3ccc(Oc4ccccc4)cc3)c2n1. The normalized spacial score (nSPS) is 11.0. The smallest absolute Gasteiger partial charge is 0.328 e. The van der Waals surface area contributed by atoms with E-state index < -0.39 is 0 Å². The van der Waals surface area contributed by atoms with Gasteiger partial charge < -0.3 is 20.2 Å². The zero-order valence-corrected chi connectivity index (χ0v) is 16.7. The quantitative estimate of drug-likeness (QED) is 0.433. The lowest BCUT2D eigenvalue weighted by atomic mass is 10.2. The summed E-state index contributed by atoms with van der Waals surface area (Å²) in [5.41, 5.74) is 7.44. The number of rotatable bonds is 8. The first-order valence-electron chi connectivity index (χ1n) is 9.84. The molecule has 2 aromatic heterocycles. The van der Waals surface area contributed by atoms with E-state index in [0.29, 0.717) is 24.3 Å². The topological polar surface area (TPSA) is 108 Å². The van der Waals surface area contributed by atoms with Gasteiger partial charge >= 0.3 is 11.7 Å². The second-order valence-corrected chi connectivity index (χ2v) is 6.87. The minimum atomic E-state index is -0.304. The van der Waals surface area contributed by atoms with Crippen LogP contribution in [0.3, 0.4) is 0 Å². The van der Waals surface area contributed by atoms with Crippen molar-refractivity contribution in [3.63, 3.8) is 0 Å². The van der Waals surface area contributed by atoms with E-state index in [0.717, 1.165) is 29.9 Å². The van der Waals surface area contributed by atoms with Crippen LogP contribution in [-0.2, 0) is 6.54 Å². The molecular weight excluding hydrogens is 382 g/mol. The number of nitrogen functional groups attached to an aromatic ring is 1. The molecule has 8 heteroatoms. The lowest BCUT2D eigenvalue weighted by Gasteiger charge is -2.08. The number of unbranched alkanes of at least 4 members (excludes halogenated alkanes) is 1. The summed E-state index contributed by atoms with van der Waals surface area (Å²) in [6.45, 7) is 2.90. The highest BCUT2D eigenvalue weighted by Gasteiger charge is 2.15. The summed E-state index contributed by atoms with van der Waals surface area (Å²) in [7, 11) is 0. The molecule has 0 atom stereocenters. The fourth-order valence-electron chi connectivity index (χ4n) is 3.02. The number of para-hydroxylation sites is 1. The molecule has 0 aliphatic carbocycles. The van der Waals surface area contributed by atoms with Crippen molar-refractivity contribution in [1.29, 1.82) is 0 Å². The maximum absolute atomic E-state index is 12.5. The van der Waals surface area contributed by atoms with E-state index in [9.17, 15) is 4.79 Å². The molecule has 0 saturated carbocycles. The van der Waals surface area contributed by atoms with Gasteiger partial charge in [-0.15, -0.1) is 0 Å². The van der Waals surface area contributed by atoms with Gasteiger partial charge in [0.1, 0.15) is 17.0 Å². The summed E-state index contributed by atoms with van der Waals surface area (Å²) in [5, 5.41) is 0. The molecule has 0 radical (unpaired) electrons. The lowest BCUT2D eigenvalue weighted by molar-refractivity contribution is 0.286. The van der Waals surface area contributed by atoms with Crippen molar-refractivity contribution in [1.82, 2.24) is 19.5 Å². The van der Waals surface area contributed by atoms with Crippen LogP contribution in [0.1, 0.15) is 25.3 Å². The van der Waals surface area contributed by atoms with Crippen molar-refractivity contribution in [3.8, 4) is 17.5 Å². The molecule has 0 unspecified atom stereocenters. The van der Waals surface area contributed by atoms with Crippen LogP contribution in [0.5, 0.6) is 17.5 Å². The maximum Gasteiger partial charge on any atom is 0.328 e. The first kappa shape index (κ1) is 19.5. The van der Waals surface area contributed by atoms with E-state index in [1.54, 1.807) is 0 Å². The molecule has 0 fully saturated rings. The Morgan fingerprint density at radius 1 is 1.03 bits per heavy atom. The van der Waals surface area contributed by atoms with Crippen LogP contribution in [0.4, 0.5) is 5.82 Å². The van der Waals surface area contributed by atoms with Crippen molar-refractivity contribution < 1.29 is 9.47 Å². The molecule has 30 heavy (non-hydrogen) atoms. The lowest BCUT2D eigenvalue weighted by Crippen LogP contribution is -2.17. The number of imidazole rings is 1. The van der Waals surface area contributed by atoms with E-state index in [4.69, 9.17) is 15.2 Å². The van der Waals surface area contributed by atoms with Gasteiger partial charge in [-0.25, -0.2) is 4.79 Å². The molecule has 0 aliphatic rings. The van der Waals surface area contributed by atoms with Crippen LogP contribution >= 0.6 is 0 Å². The minimum Gasteiger partial charge on any atom is -0.463 e. The summed E-state index contributed by atoms with van der Waals surface area (Å²) in [4.78, 5) is 23.7. The average Bonchev–Trinajstić information content (AvgIpc) is 3.06. The molecule has 3 N–H and O–H groups in total. The monoisotopic (exact) mass is 405 g/mol. The first-order chi connectivity index (χ1) is 14.6. The third-order valence-electron chi connectivity index (χ3n) is 4.60. The Morgan fingerprint density at radius 3 is 2.50 bits per heavy atom. The van der Waals surface area contributed by atoms with Gasteiger partial charge in [-0.05, 0) is 36.2 Å². The number of aromatic amines is 1. The highest BCUT2D eigenvalue weighted by molar-refractivity contribution is 5.81. The summed E-state index contributed by atoms with van der Waals surface area (Å²) >= 11 is 0. The van der Waals surface area contributed by atoms with Crippen molar-refractivity contribution in [2.75, 3.05) is 12.3 Å². The molecule has 0 spiro atoms. The molecule has 0 saturated heterocycles. The molecular formula is C22H23N5O3. The Balaban J connectivity index is 1.57. The van der Waals surface area contributed by atoms with Gasteiger partial charge in [0.05, 0.1) is 13.2 Å². The second-order valence-electron chi connectivity index (χ2n) is 6.87. The number of ether oxygens (including phenoxy) is 2. The molecule has 8 nitrogen and oxygen atoms in total. The number of fused-ring (bicyclic) bond motifs is 1. The van der Waals surface area contributed by atoms with Crippen molar-refractivity contribution >= 4 is 17.0 Å². The number of anilines is 1. The van der Waals surface area contributed by atoms with E-state index in [-0.39, 0.29) is 17.5 Å². The van der Waals surface area contributed by atoms with Crippen LogP contribution in [0.15, 0.2) is 59.4 Å². The standard InChI is InChI=1S/C22H23N5O3/c1-2-3-13-29-21-25-19(23)18-20(26-21)27(22(28)24-18)14-15-9-11-17(12-10-15)30-16-7-5-4-6-8-16/h4-12H,2-3,13-14H2,1H3,(H,24,28)(H2,23,25,26). The predicted octanol–water partition coefficient (Wildman–Crippen LogP) is 3.72. The van der Waals surface area contributed by atoms with E-state index >= 15 is 0 Å². The number of H-pyrrole nitrogens is 1. The summed E-state index contributed by atoms with van der Waals surface area (Å²) < 4.78 is 12.9. The van der Waals surface area contributed by atoms with E-state index in [1.165, 1.54) is 4.57 Å². The number of nitrogens with zero attached hydrogens (tertiary/aromatic N) is 3. The number of hydrogen-bond donors (Lipinski definition) is 2. The third kappa shape index (κ3) is 4.27. The van der Waals surface area contributed by atoms with Gasteiger partial charge in [0.2, 0.25) is 0 Å². The van der Waals surface area contributed by atoms with Crippen LogP contribution in [-0.4, -0.2) is 26.1 Å². The molecule has 0 bridgehead atoms. The Hall–Kier alpha value is -3.81. The van der Waals surface area contributed by atoms with Crippen molar-refractivity contribution in [3.05, 3.63) is 70.6 Å². The van der Waals surface area contributed by atoms with Crippen LogP contribution < -0.4 is 20.9 Å². The van der Waals surface area contributed by atoms with E-state index in [1.807, 2.05) is 54.6 Å². The average molecular weight is 405 g/mol. The minimum absolute atomic E-state index is 0.174. The third-order valence-corrected chi connectivity index (χ3v) is 4.60. The predicted molar refractivity (Wildman–Crippen MR) is 115 cm³/mol. The highest BCUT2D eigenvalue weighted by atomic mass is 16.5. The zero-order valence-electron chi connectivity index (χ0n) is 16.7. The molecule has 2 aromatic carbocycles. The van der Waals surface area contributed by atoms with Crippen molar-refractivity contribution in [2.24, 2.45) is 0 Å². The Kier molecular flexibility index (Phi) is 5.65. The molecule has 0 amide bonds. The summed E-state index contributed by atoms with van der Waals surface area (Å²) in [5.74, 6) is 1.67. The molecule has 154 valence electrons. The molecule has 4 rings (SSSR count). The van der Waals surface area contributed by atoms with Crippen molar-refractivity contribution in [2.45, 2.75) is 26.3 Å². The first-order valence-corrected chi connectivity index (χ1v) is 9.84. The molecule has 4 aromatic rings. The Morgan fingerprint density at radius 2 is 1.77 bits per heavy atom. The van der Waals surface area contributed by atoms with E-state index in [2.05, 4.69) is 21.9 Å². The van der Waals surface area contributed by atoms with Crippen LogP contribution in [0, 0.1) is 0 Å². The highest BCUT2D eigenvalue weighted by Crippen LogP contribution is 2.22. The van der Waals surface area contributed by atoms with Crippen LogP contribution in [0.2, 0.25) is 0 Å². The fraction of sp³-hybridized carbons (Fsp3) is 0.227. The number of nitrogens with one attached hydrogen (secondary N) is 1. The largest absolute Gasteiger partial charge is 0.463 e. The van der Waals surface area contributed by atoms with Gasteiger partial charge in [0.25, 0.3) is 0 Å². The van der Waals surface area contributed by atoms with Crippen LogP contribution in [0.25, 0.3) is 11.2 Å². The number of hydrogen-bond acceptors (Lipinski definition) is 6. The van der Waals surface area contributed by atoms with Gasteiger partial charge in [-0.3, -0.25) is 4.57 Å². The van der Waals surface area contributed by atoms with Gasteiger partial charge in [-0.2, -0.15) is 9.97 Å². The number of aromatic nitrogens is 4. The van der Waals surface area contributed by atoms with Gasteiger partial charge in [0.15, 0.2) is 11.5 Å². The summed E-state index contributed by atoms with van der Waals surface area (Å²) in [6, 6.07) is 17.3. The Labute approximate surface area is 173 Å². The molecule has 2 heterocycles. The Bertz CT molecular complexity index is 1180. The maximum atomic E-state index is 12.5. The zero-order chi connectivity index (χ0) is 20.9. The fourth-order valence-corrected chi connectivity index (χ4v) is 3.02.